The number of fused-ring (bicyclic) bond motifs is 5. The van der Waals surface area contributed by atoms with Crippen molar-refractivity contribution in [3.8, 4) is 16.9 Å². The summed E-state index contributed by atoms with van der Waals surface area (Å²) < 4.78 is 148. The van der Waals surface area contributed by atoms with Gasteiger partial charge in [0.05, 0.1) is 50.5 Å². The molecule has 2 N–H and O–H groups in total. The SMILES string of the molecule is Cn1nc(NS(C)(=O)=O)c2c(Cl)ccc(-n3c([C@H](Cc4cc(F)cc(F)c4)NC(=O)Cn4nc(C(F)F)c5c4C(F)(F)[C@@H]4C[C@H]54)nc4cc(-c5cc(C(C)(F)F)ccn5)ccc4c3=O)c21. The standard InChI is InChI=1S/C42H32ClF8N9O4S/c1-41(48,49)20-8-9-52-27(14-20)19-4-5-23-28(13-19)54-39(60(40(23)62)30-7-6-26(43)33-35(30)58(2)56-38(33)57-65(3,63)64)29(12-18-10-21(44)15-22(45)11-18)53-31(61)17-59-36-32(34(55-59)37(46)47)24-16-25(24)42(36,50)51/h4-11,13-15,24-25,29,37H,12,16-17H2,1-3H3,(H,53,61)(H,56,57)/t24-,25+,29-/m0/s1. The number of alkyl halides is 6. The van der Waals surface area contributed by atoms with Gasteiger partial charge in [-0.25, -0.2) is 39.7 Å². The van der Waals surface area contributed by atoms with Gasteiger partial charge < -0.3 is 5.32 Å². The van der Waals surface area contributed by atoms with Gasteiger partial charge in [0.2, 0.25) is 15.9 Å². The number of benzene rings is 3. The molecule has 3 aromatic carbocycles. The maximum atomic E-state index is 15.5. The predicted molar refractivity (Wildman–Crippen MR) is 221 cm³/mol. The van der Waals surface area contributed by atoms with E-state index in [9.17, 15) is 39.6 Å². The molecule has 0 unspecified atom stereocenters. The van der Waals surface area contributed by atoms with E-state index in [1.807, 2.05) is 0 Å². The summed E-state index contributed by atoms with van der Waals surface area (Å²) in [7, 11) is -2.55. The van der Waals surface area contributed by atoms with Crippen LogP contribution in [0.25, 0.3) is 38.8 Å². The Hall–Kier alpha value is -6.42. The molecule has 9 rings (SSSR count). The highest BCUT2D eigenvalue weighted by atomic mass is 35.5. The van der Waals surface area contributed by atoms with Gasteiger partial charge in [-0.1, -0.05) is 17.7 Å². The zero-order chi connectivity index (χ0) is 46.7. The first-order valence-corrected chi connectivity index (χ1v) is 21.8. The first-order valence-electron chi connectivity index (χ1n) is 19.6. The Labute approximate surface area is 367 Å². The molecule has 13 nitrogen and oxygen atoms in total. The second-order valence-corrected chi connectivity index (χ2v) is 18.2. The minimum atomic E-state index is -3.96. The molecule has 7 aromatic rings. The minimum Gasteiger partial charge on any atom is -0.344 e. The number of sulfonamides is 1. The molecule has 1 amide bonds. The maximum absolute atomic E-state index is 15.5. The second-order valence-electron chi connectivity index (χ2n) is 16.1. The third kappa shape index (κ3) is 7.84. The fraction of sp³-hybridized carbons (Fsp3) is 0.286. The van der Waals surface area contributed by atoms with E-state index in [1.165, 1.54) is 42.1 Å². The molecular weight excluding hydrogens is 914 g/mol. The van der Waals surface area contributed by atoms with Crippen LogP contribution in [0, 0.1) is 17.6 Å². The Bertz CT molecular complexity index is 3300. The summed E-state index contributed by atoms with van der Waals surface area (Å²) in [5, 5.41) is 10.5. The molecule has 4 aromatic heterocycles. The molecule has 2 aliphatic carbocycles. The number of rotatable bonds is 12. The minimum absolute atomic E-state index is 0.0122. The maximum Gasteiger partial charge on any atom is 0.293 e. The van der Waals surface area contributed by atoms with Crippen molar-refractivity contribution < 1.29 is 48.3 Å². The van der Waals surface area contributed by atoms with Crippen molar-refractivity contribution in [3.05, 3.63) is 128 Å². The number of carbonyl (C=O) groups excluding carboxylic acids is 1. The fourth-order valence-electron chi connectivity index (χ4n) is 8.60. The highest BCUT2D eigenvalue weighted by molar-refractivity contribution is 7.92. The van der Waals surface area contributed by atoms with E-state index in [-0.39, 0.29) is 78.5 Å². The summed E-state index contributed by atoms with van der Waals surface area (Å²) in [6.45, 7) is -0.346. The molecule has 0 bridgehead atoms. The summed E-state index contributed by atoms with van der Waals surface area (Å²) >= 11 is 6.61. The van der Waals surface area contributed by atoms with Gasteiger partial charge in [-0.2, -0.15) is 19.0 Å². The monoisotopic (exact) mass is 945 g/mol. The van der Waals surface area contributed by atoms with E-state index in [4.69, 9.17) is 16.6 Å². The van der Waals surface area contributed by atoms with E-state index < -0.39 is 93.6 Å². The van der Waals surface area contributed by atoms with E-state index in [0.29, 0.717) is 17.7 Å². The summed E-state index contributed by atoms with van der Waals surface area (Å²) in [5.41, 5.74) is -3.22. The third-order valence-corrected chi connectivity index (χ3v) is 12.2. The zero-order valence-electron chi connectivity index (χ0n) is 33.9. The quantitative estimate of drug-likeness (QED) is 0.116. The number of nitrogens with zero attached hydrogens (tertiary/aromatic N) is 7. The summed E-state index contributed by atoms with van der Waals surface area (Å²) in [6, 6.07) is 9.88. The first-order chi connectivity index (χ1) is 30.5. The molecule has 0 saturated heterocycles. The topological polar surface area (TPSA) is 159 Å². The van der Waals surface area contributed by atoms with E-state index >= 15 is 13.6 Å². The lowest BCUT2D eigenvalue weighted by Crippen LogP contribution is -2.38. The average Bonchev–Trinajstić information content (AvgIpc) is 3.75. The number of hydrogen-bond donors (Lipinski definition) is 2. The Kier molecular flexibility index (Phi) is 10.3. The van der Waals surface area contributed by atoms with Gasteiger partial charge in [-0.15, -0.1) is 0 Å². The summed E-state index contributed by atoms with van der Waals surface area (Å²) in [6.07, 6.45) is -1.79. The molecule has 23 heteroatoms. The first kappa shape index (κ1) is 43.8. The van der Waals surface area contributed by atoms with Gasteiger partial charge in [-0.3, -0.25) is 33.2 Å². The van der Waals surface area contributed by atoms with Gasteiger partial charge in [-0.05, 0) is 66.4 Å². The number of amides is 1. The van der Waals surface area contributed by atoms with Crippen molar-refractivity contribution in [1.82, 2.24) is 39.4 Å². The molecule has 65 heavy (non-hydrogen) atoms. The van der Waals surface area contributed by atoms with Crippen LogP contribution in [0.2, 0.25) is 5.02 Å². The molecule has 0 radical (unpaired) electrons. The van der Waals surface area contributed by atoms with Crippen molar-refractivity contribution in [3.63, 3.8) is 0 Å². The lowest BCUT2D eigenvalue weighted by Gasteiger charge is -2.24. The molecule has 0 aliphatic heterocycles. The van der Waals surface area contributed by atoms with Crippen molar-refractivity contribution in [1.29, 1.82) is 0 Å². The Morgan fingerprint density at radius 1 is 1.03 bits per heavy atom. The van der Waals surface area contributed by atoms with Crippen molar-refractivity contribution in [2.45, 2.75) is 56.5 Å². The van der Waals surface area contributed by atoms with Crippen molar-refractivity contribution >= 4 is 55.2 Å². The van der Waals surface area contributed by atoms with Gasteiger partial charge >= 0.3 is 0 Å². The van der Waals surface area contributed by atoms with Crippen LogP contribution in [-0.4, -0.2) is 54.7 Å². The summed E-state index contributed by atoms with van der Waals surface area (Å²) in [5.74, 6) is -12.7. The highest BCUT2D eigenvalue weighted by Gasteiger charge is 2.67. The smallest absolute Gasteiger partial charge is 0.293 e. The van der Waals surface area contributed by atoms with Crippen LogP contribution in [0.3, 0.4) is 0 Å². The largest absolute Gasteiger partial charge is 0.344 e. The number of carbonyl (C=O) groups is 1. The molecule has 0 spiro atoms. The van der Waals surface area contributed by atoms with Gasteiger partial charge in [0.1, 0.15) is 35.4 Å². The zero-order valence-corrected chi connectivity index (χ0v) is 35.4. The number of hydrogen-bond acceptors (Lipinski definition) is 8. The van der Waals surface area contributed by atoms with Crippen LogP contribution in [0.1, 0.15) is 65.6 Å². The molecule has 3 atom stereocenters. The van der Waals surface area contributed by atoms with E-state index in [0.717, 1.165) is 41.3 Å². The number of aromatic nitrogens is 7. The lowest BCUT2D eigenvalue weighted by atomic mass is 10.0. The number of anilines is 1. The van der Waals surface area contributed by atoms with Crippen LogP contribution >= 0.6 is 11.6 Å². The Morgan fingerprint density at radius 2 is 1.75 bits per heavy atom. The number of aryl methyl sites for hydroxylation is 1. The number of halogens is 9. The molecule has 2 aliphatic rings. The number of nitrogens with one attached hydrogen (secondary N) is 2. The number of pyridine rings is 1. The predicted octanol–water partition coefficient (Wildman–Crippen LogP) is 8.19. The molecule has 4 heterocycles. The van der Waals surface area contributed by atoms with Crippen LogP contribution in [0.5, 0.6) is 0 Å². The van der Waals surface area contributed by atoms with Gasteiger partial charge in [0.15, 0.2) is 5.82 Å². The molecular formula is C42H32ClF8N9O4S. The highest BCUT2D eigenvalue weighted by Crippen LogP contribution is 2.68. The van der Waals surface area contributed by atoms with Crippen molar-refractivity contribution in [2.24, 2.45) is 13.0 Å². The van der Waals surface area contributed by atoms with Crippen LogP contribution in [0.15, 0.2) is 71.7 Å². The van der Waals surface area contributed by atoms with Gasteiger partial charge in [0, 0.05) is 55.3 Å². The average molecular weight is 946 g/mol. The normalized spacial score (nSPS) is 17.1. The molecule has 338 valence electrons. The van der Waals surface area contributed by atoms with E-state index in [1.54, 1.807) is 0 Å². The lowest BCUT2D eigenvalue weighted by molar-refractivity contribution is -0.123. The summed E-state index contributed by atoms with van der Waals surface area (Å²) in [4.78, 5) is 38.2. The molecule has 1 fully saturated rings. The van der Waals surface area contributed by atoms with Crippen molar-refractivity contribution in [2.75, 3.05) is 11.0 Å². The molecule has 1 saturated carbocycles. The second kappa shape index (κ2) is 15.4. The van der Waals surface area contributed by atoms with Crippen LogP contribution < -0.4 is 15.6 Å². The van der Waals surface area contributed by atoms with Gasteiger partial charge in [0.25, 0.3) is 23.8 Å². The Morgan fingerprint density at radius 3 is 2.43 bits per heavy atom. The third-order valence-electron chi connectivity index (χ3n) is 11.4. The van der Waals surface area contributed by atoms with Crippen LogP contribution in [0.4, 0.5) is 40.9 Å². The Balaban J connectivity index is 1.26. The van der Waals surface area contributed by atoms with E-state index in [2.05, 4.69) is 25.2 Å². The fourth-order valence-corrected chi connectivity index (χ4v) is 9.34. The van der Waals surface area contributed by atoms with Crippen LogP contribution in [-0.2, 0) is 46.7 Å².